The molecule has 0 unspecified atom stereocenters. The van der Waals surface area contributed by atoms with Gasteiger partial charge in [-0.05, 0) is 26.2 Å². The first-order chi connectivity index (χ1) is 7.82. The van der Waals surface area contributed by atoms with E-state index >= 15 is 0 Å². The van der Waals surface area contributed by atoms with Crippen molar-refractivity contribution in [3.8, 4) is 0 Å². The quantitative estimate of drug-likeness (QED) is 0.788. The highest BCUT2D eigenvalue weighted by atomic mass is 32.2. The Morgan fingerprint density at radius 1 is 1.59 bits per heavy atom. The van der Waals surface area contributed by atoms with Crippen LogP contribution in [-0.2, 0) is 17.1 Å². The molecule has 7 heteroatoms. The summed E-state index contributed by atoms with van der Waals surface area (Å²) < 4.78 is 28.1. The molecule has 2 rings (SSSR count). The molecule has 3 N–H and O–H groups in total. The van der Waals surface area contributed by atoms with Crippen LogP contribution >= 0.6 is 0 Å². The van der Waals surface area contributed by atoms with Crippen molar-refractivity contribution in [3.63, 3.8) is 0 Å². The largest absolute Gasteiger partial charge is 0.337 e. The second kappa shape index (κ2) is 4.08. The summed E-state index contributed by atoms with van der Waals surface area (Å²) in [5.74, 6) is 0.663. The van der Waals surface area contributed by atoms with Crippen molar-refractivity contribution >= 4 is 10.0 Å². The van der Waals surface area contributed by atoms with E-state index in [0.29, 0.717) is 5.82 Å². The van der Waals surface area contributed by atoms with E-state index in [1.54, 1.807) is 18.5 Å². The molecule has 1 fully saturated rings. The molecule has 0 atom stereocenters. The first-order valence-corrected chi connectivity index (χ1v) is 7.09. The molecule has 1 aliphatic rings. The van der Waals surface area contributed by atoms with Crippen molar-refractivity contribution < 1.29 is 8.42 Å². The van der Waals surface area contributed by atoms with Gasteiger partial charge in [-0.15, -0.1) is 0 Å². The Kier molecular flexibility index (Phi) is 3.01. The first-order valence-electron chi connectivity index (χ1n) is 5.61. The summed E-state index contributed by atoms with van der Waals surface area (Å²) in [6, 6.07) is 0. The van der Waals surface area contributed by atoms with E-state index in [-0.39, 0.29) is 17.1 Å². The van der Waals surface area contributed by atoms with Crippen LogP contribution in [-0.4, -0.2) is 30.1 Å². The number of hydrogen-bond acceptors (Lipinski definition) is 4. The monoisotopic (exact) mass is 258 g/mol. The van der Waals surface area contributed by atoms with Crippen molar-refractivity contribution in [1.29, 1.82) is 0 Å². The van der Waals surface area contributed by atoms with E-state index < -0.39 is 10.0 Å². The SMILES string of the molecule is Cc1nc(S(=O)(=O)NCC2(N)CCC2)cn1C. The van der Waals surface area contributed by atoms with E-state index in [9.17, 15) is 8.42 Å². The minimum Gasteiger partial charge on any atom is -0.337 e. The van der Waals surface area contributed by atoms with Crippen LogP contribution in [0.1, 0.15) is 25.1 Å². The van der Waals surface area contributed by atoms with E-state index in [1.165, 1.54) is 6.20 Å². The molecule has 1 aliphatic carbocycles. The minimum atomic E-state index is -3.53. The highest BCUT2D eigenvalue weighted by Crippen LogP contribution is 2.28. The Morgan fingerprint density at radius 2 is 2.24 bits per heavy atom. The van der Waals surface area contributed by atoms with Gasteiger partial charge < -0.3 is 10.3 Å². The molecule has 96 valence electrons. The van der Waals surface area contributed by atoms with Crippen molar-refractivity contribution in [2.24, 2.45) is 12.8 Å². The average Bonchev–Trinajstić information content (AvgIpc) is 2.54. The molecule has 1 heterocycles. The lowest BCUT2D eigenvalue weighted by Crippen LogP contribution is -2.54. The van der Waals surface area contributed by atoms with Crippen molar-refractivity contribution in [2.45, 2.75) is 36.8 Å². The number of imidazole rings is 1. The number of hydrogen-bond donors (Lipinski definition) is 2. The maximum absolute atomic E-state index is 11.9. The number of sulfonamides is 1. The lowest BCUT2D eigenvalue weighted by atomic mass is 9.78. The van der Waals surface area contributed by atoms with E-state index in [2.05, 4.69) is 9.71 Å². The maximum Gasteiger partial charge on any atom is 0.259 e. The lowest BCUT2D eigenvalue weighted by Gasteiger charge is -2.37. The predicted molar refractivity (Wildman–Crippen MR) is 63.9 cm³/mol. The first kappa shape index (κ1) is 12.5. The van der Waals surface area contributed by atoms with Crippen LogP contribution in [0.25, 0.3) is 0 Å². The number of rotatable bonds is 4. The molecule has 0 saturated heterocycles. The molecule has 0 aromatic carbocycles. The van der Waals surface area contributed by atoms with Crippen LogP contribution in [0.4, 0.5) is 0 Å². The standard InChI is InChI=1S/C10H18N4O2S/c1-8-13-9(6-14(8)2)17(15,16)12-7-10(11)4-3-5-10/h6,12H,3-5,7,11H2,1-2H3. The molecular formula is C10H18N4O2S. The summed E-state index contributed by atoms with van der Waals surface area (Å²) >= 11 is 0. The highest BCUT2D eigenvalue weighted by molar-refractivity contribution is 7.89. The van der Waals surface area contributed by atoms with Crippen LogP contribution in [0.5, 0.6) is 0 Å². The molecular weight excluding hydrogens is 240 g/mol. The van der Waals surface area contributed by atoms with Crippen LogP contribution in [0, 0.1) is 6.92 Å². The van der Waals surface area contributed by atoms with Crippen LogP contribution in [0.3, 0.4) is 0 Å². The average molecular weight is 258 g/mol. The van der Waals surface area contributed by atoms with Gasteiger partial charge in [0.2, 0.25) is 0 Å². The van der Waals surface area contributed by atoms with Gasteiger partial charge in [-0.25, -0.2) is 18.1 Å². The fourth-order valence-corrected chi connectivity index (χ4v) is 2.95. The summed E-state index contributed by atoms with van der Waals surface area (Å²) in [6.07, 6.45) is 4.32. The van der Waals surface area contributed by atoms with Gasteiger partial charge in [0.05, 0.1) is 0 Å². The number of nitrogens with zero attached hydrogens (tertiary/aromatic N) is 2. The van der Waals surface area contributed by atoms with Gasteiger partial charge in [0.15, 0.2) is 5.03 Å². The van der Waals surface area contributed by atoms with Gasteiger partial charge >= 0.3 is 0 Å². The molecule has 17 heavy (non-hydrogen) atoms. The van der Waals surface area contributed by atoms with Gasteiger partial charge in [-0.2, -0.15) is 0 Å². The van der Waals surface area contributed by atoms with E-state index in [0.717, 1.165) is 19.3 Å². The Hall–Kier alpha value is -0.920. The van der Waals surface area contributed by atoms with Gasteiger partial charge in [0, 0.05) is 25.3 Å². The Labute approximate surface area is 101 Å². The van der Waals surface area contributed by atoms with Gasteiger partial charge in [-0.3, -0.25) is 0 Å². The normalized spacial score (nSPS) is 19.0. The molecule has 0 spiro atoms. The van der Waals surface area contributed by atoms with E-state index in [1.807, 2.05) is 0 Å². The number of nitrogens with one attached hydrogen (secondary N) is 1. The third-order valence-corrected chi connectivity index (χ3v) is 4.60. The van der Waals surface area contributed by atoms with Crippen molar-refractivity contribution in [3.05, 3.63) is 12.0 Å². The lowest BCUT2D eigenvalue weighted by molar-refractivity contribution is 0.251. The fourth-order valence-electron chi connectivity index (χ4n) is 1.78. The molecule has 0 aliphatic heterocycles. The zero-order valence-corrected chi connectivity index (χ0v) is 10.9. The number of nitrogens with two attached hydrogens (primary N) is 1. The summed E-state index contributed by atoms with van der Waals surface area (Å²) in [5, 5.41) is 0.0559. The van der Waals surface area contributed by atoms with Crippen LogP contribution in [0.2, 0.25) is 0 Å². The Bertz CT molecular complexity index is 497. The van der Waals surface area contributed by atoms with Crippen LogP contribution in [0.15, 0.2) is 11.2 Å². The fraction of sp³-hybridized carbons (Fsp3) is 0.700. The summed E-state index contributed by atoms with van der Waals surface area (Å²) in [6.45, 7) is 2.04. The smallest absolute Gasteiger partial charge is 0.259 e. The second-order valence-electron chi connectivity index (χ2n) is 4.78. The van der Waals surface area contributed by atoms with Gasteiger partial charge in [0.25, 0.3) is 10.0 Å². The Balaban J connectivity index is 2.08. The molecule has 1 saturated carbocycles. The summed E-state index contributed by atoms with van der Waals surface area (Å²) in [7, 11) is -1.77. The Morgan fingerprint density at radius 3 is 2.65 bits per heavy atom. The third kappa shape index (κ3) is 2.51. The molecule has 1 aromatic rings. The minimum absolute atomic E-state index is 0.0559. The summed E-state index contributed by atoms with van der Waals surface area (Å²) in [5.41, 5.74) is 5.61. The predicted octanol–water partition coefficient (Wildman–Crippen LogP) is -0.112. The molecule has 0 amide bonds. The molecule has 1 aromatic heterocycles. The third-order valence-electron chi connectivity index (χ3n) is 3.33. The molecule has 0 bridgehead atoms. The van der Waals surface area contributed by atoms with Crippen molar-refractivity contribution in [1.82, 2.24) is 14.3 Å². The topological polar surface area (TPSA) is 90.0 Å². The van der Waals surface area contributed by atoms with Crippen molar-refractivity contribution in [2.75, 3.05) is 6.54 Å². The highest BCUT2D eigenvalue weighted by Gasteiger charge is 2.34. The second-order valence-corrected chi connectivity index (χ2v) is 6.49. The zero-order chi connectivity index (χ0) is 12.7. The number of aryl methyl sites for hydroxylation is 2. The van der Waals surface area contributed by atoms with Gasteiger partial charge in [0.1, 0.15) is 5.82 Å². The zero-order valence-electron chi connectivity index (χ0n) is 10.1. The summed E-state index contributed by atoms with van der Waals surface area (Å²) in [4.78, 5) is 4.00. The maximum atomic E-state index is 11.9. The van der Waals surface area contributed by atoms with E-state index in [4.69, 9.17) is 5.73 Å². The molecule has 0 radical (unpaired) electrons. The van der Waals surface area contributed by atoms with Crippen LogP contribution < -0.4 is 10.5 Å². The molecule has 6 nitrogen and oxygen atoms in total. The van der Waals surface area contributed by atoms with Gasteiger partial charge in [-0.1, -0.05) is 0 Å². The number of aromatic nitrogens is 2.